The van der Waals surface area contributed by atoms with Gasteiger partial charge in [0.25, 0.3) is 0 Å². The number of Topliss-reactive ketones (excluding diaryl/α,β-unsaturated/α-hetero) is 1. The van der Waals surface area contributed by atoms with E-state index in [1.165, 1.54) is 11.8 Å². The summed E-state index contributed by atoms with van der Waals surface area (Å²) in [5.74, 6) is 2.34. The summed E-state index contributed by atoms with van der Waals surface area (Å²) in [4.78, 5) is 12.6. The first kappa shape index (κ1) is 21.6. The van der Waals surface area contributed by atoms with Crippen LogP contribution in [0.1, 0.15) is 29.2 Å². The van der Waals surface area contributed by atoms with Crippen LogP contribution in [0.25, 0.3) is 5.69 Å². The summed E-state index contributed by atoms with van der Waals surface area (Å²) in [5, 5.41) is 9.42. The average Bonchev–Trinajstić information content (AvgIpc) is 3.28. The first-order chi connectivity index (χ1) is 15.7. The van der Waals surface area contributed by atoms with Gasteiger partial charge in [0.15, 0.2) is 22.9 Å². The number of carbonyl (C=O) groups excluding carboxylic acids is 1. The molecule has 1 heterocycles. The average molecular weight is 446 g/mol. The van der Waals surface area contributed by atoms with Crippen LogP contribution in [0, 0.1) is 0 Å². The van der Waals surface area contributed by atoms with E-state index < -0.39 is 0 Å². The van der Waals surface area contributed by atoms with Gasteiger partial charge in [-0.2, -0.15) is 0 Å². The van der Waals surface area contributed by atoms with Crippen molar-refractivity contribution in [1.82, 2.24) is 14.8 Å². The second kappa shape index (κ2) is 10.2. The number of carbonyl (C=O) groups is 1. The Morgan fingerprint density at radius 2 is 1.62 bits per heavy atom. The van der Waals surface area contributed by atoms with Crippen LogP contribution in [0.4, 0.5) is 0 Å². The van der Waals surface area contributed by atoms with Gasteiger partial charge in [-0.25, -0.2) is 0 Å². The second-order valence-corrected chi connectivity index (χ2v) is 7.97. The second-order valence-electron chi connectivity index (χ2n) is 7.03. The quantitative estimate of drug-likeness (QED) is 0.254. The van der Waals surface area contributed by atoms with Crippen LogP contribution >= 0.6 is 11.8 Å². The smallest absolute Gasteiger partial charge is 0.196 e. The Hall–Kier alpha value is -3.58. The molecule has 0 bridgehead atoms. The number of nitrogens with zero attached hydrogens (tertiary/aromatic N) is 3. The Morgan fingerprint density at radius 3 is 2.34 bits per heavy atom. The van der Waals surface area contributed by atoms with Gasteiger partial charge in [-0.05, 0) is 31.2 Å². The zero-order chi connectivity index (χ0) is 22.3. The van der Waals surface area contributed by atoms with Gasteiger partial charge in [-0.3, -0.25) is 9.36 Å². The Bertz CT molecular complexity index is 1180. The minimum absolute atomic E-state index is 0.0421. The molecule has 1 unspecified atom stereocenters. The van der Waals surface area contributed by atoms with E-state index in [-0.39, 0.29) is 17.6 Å². The van der Waals surface area contributed by atoms with Gasteiger partial charge in [0.05, 0.1) is 12.9 Å². The van der Waals surface area contributed by atoms with Crippen molar-refractivity contribution in [3.05, 3.63) is 96.3 Å². The molecule has 0 aliphatic rings. The molecule has 0 N–H and O–H groups in total. The molecule has 0 saturated carbocycles. The summed E-state index contributed by atoms with van der Waals surface area (Å²) in [6.45, 7) is 1.92. The number of methoxy groups -OCH3 is 1. The number of aromatic nitrogens is 3. The third-order valence-electron chi connectivity index (χ3n) is 4.82. The molecule has 0 aliphatic heterocycles. The van der Waals surface area contributed by atoms with Gasteiger partial charge < -0.3 is 9.47 Å². The van der Waals surface area contributed by atoms with Crippen LogP contribution in [0.3, 0.4) is 0 Å². The van der Waals surface area contributed by atoms with Crippen molar-refractivity contribution in [2.45, 2.75) is 18.2 Å². The fourth-order valence-electron chi connectivity index (χ4n) is 3.23. The molecule has 3 aromatic carbocycles. The lowest BCUT2D eigenvalue weighted by Gasteiger charge is -2.17. The van der Waals surface area contributed by atoms with Crippen LogP contribution in [-0.2, 0) is 0 Å². The maximum Gasteiger partial charge on any atom is 0.196 e. The van der Waals surface area contributed by atoms with Crippen molar-refractivity contribution >= 4 is 17.5 Å². The zero-order valence-corrected chi connectivity index (χ0v) is 18.7. The lowest BCUT2D eigenvalue weighted by molar-refractivity contribution is 0.102. The standard InChI is InChI=1S/C25H23N3O3S/c1-18(31-22-15-9-14-21(16-22)30-2)24-26-27-25(28(24)20-12-7-4-8-13-20)32-17-23(29)19-10-5-3-6-11-19/h3-16,18H,17H2,1-2H3. The molecule has 0 spiro atoms. The molecule has 0 amide bonds. The first-order valence-corrected chi connectivity index (χ1v) is 11.2. The topological polar surface area (TPSA) is 66.2 Å². The molecule has 0 fully saturated rings. The van der Waals surface area contributed by atoms with Crippen LogP contribution in [0.15, 0.2) is 90.1 Å². The Balaban J connectivity index is 1.60. The van der Waals surface area contributed by atoms with E-state index in [1.54, 1.807) is 7.11 Å². The Labute approximate surface area is 191 Å². The van der Waals surface area contributed by atoms with E-state index >= 15 is 0 Å². The fraction of sp³-hybridized carbons (Fsp3) is 0.160. The Morgan fingerprint density at radius 1 is 0.938 bits per heavy atom. The molecule has 0 radical (unpaired) electrons. The Kier molecular flexibility index (Phi) is 6.87. The summed E-state index contributed by atoms with van der Waals surface area (Å²) in [5.41, 5.74) is 1.59. The van der Waals surface area contributed by atoms with Crippen LogP contribution in [0.5, 0.6) is 11.5 Å². The van der Waals surface area contributed by atoms with Crippen molar-refractivity contribution in [2.24, 2.45) is 0 Å². The number of hydrogen-bond donors (Lipinski definition) is 0. The molecular formula is C25H23N3O3S. The zero-order valence-electron chi connectivity index (χ0n) is 17.8. The summed E-state index contributed by atoms with van der Waals surface area (Å²) >= 11 is 1.36. The number of rotatable bonds is 9. The first-order valence-electron chi connectivity index (χ1n) is 10.2. The molecule has 4 rings (SSSR count). The van der Waals surface area contributed by atoms with E-state index in [1.807, 2.05) is 96.4 Å². The van der Waals surface area contributed by atoms with Gasteiger partial charge in [0.1, 0.15) is 11.5 Å². The summed E-state index contributed by atoms with van der Waals surface area (Å²) in [6, 6.07) is 26.5. The predicted molar refractivity (Wildman–Crippen MR) is 125 cm³/mol. The molecule has 1 atom stereocenters. The number of ketones is 1. The third-order valence-corrected chi connectivity index (χ3v) is 5.75. The number of thioether (sulfide) groups is 1. The van der Waals surface area contributed by atoms with E-state index in [4.69, 9.17) is 9.47 Å². The summed E-state index contributed by atoms with van der Waals surface area (Å²) in [6.07, 6.45) is -0.381. The largest absolute Gasteiger partial charge is 0.497 e. The normalized spacial score (nSPS) is 11.7. The lowest BCUT2D eigenvalue weighted by atomic mass is 10.2. The molecule has 162 valence electrons. The van der Waals surface area contributed by atoms with Crippen molar-refractivity contribution in [2.75, 3.05) is 12.9 Å². The summed E-state index contributed by atoms with van der Waals surface area (Å²) < 4.78 is 13.4. The molecule has 32 heavy (non-hydrogen) atoms. The van der Waals surface area contributed by atoms with Crippen LogP contribution in [-0.4, -0.2) is 33.4 Å². The number of hydrogen-bond acceptors (Lipinski definition) is 6. The van der Waals surface area contributed by atoms with Crippen molar-refractivity contribution in [3.63, 3.8) is 0 Å². The predicted octanol–water partition coefficient (Wildman–Crippen LogP) is 5.39. The molecular weight excluding hydrogens is 422 g/mol. The number of para-hydroxylation sites is 1. The SMILES string of the molecule is COc1cccc(OC(C)c2nnc(SCC(=O)c3ccccc3)n2-c2ccccc2)c1. The van der Waals surface area contributed by atoms with Gasteiger partial charge in [-0.15, -0.1) is 10.2 Å². The number of ether oxygens (including phenoxy) is 2. The molecule has 0 aliphatic carbocycles. The highest BCUT2D eigenvalue weighted by Gasteiger charge is 2.22. The third kappa shape index (κ3) is 5.00. The van der Waals surface area contributed by atoms with Gasteiger partial charge in [0, 0.05) is 17.3 Å². The van der Waals surface area contributed by atoms with Gasteiger partial charge >= 0.3 is 0 Å². The molecule has 4 aromatic rings. The van der Waals surface area contributed by atoms with Crippen molar-refractivity contribution in [3.8, 4) is 17.2 Å². The maximum absolute atomic E-state index is 12.6. The lowest BCUT2D eigenvalue weighted by Crippen LogP contribution is -2.12. The minimum Gasteiger partial charge on any atom is -0.497 e. The van der Waals surface area contributed by atoms with E-state index in [9.17, 15) is 4.79 Å². The van der Waals surface area contributed by atoms with E-state index in [0.29, 0.717) is 22.3 Å². The monoisotopic (exact) mass is 445 g/mol. The maximum atomic E-state index is 12.6. The van der Waals surface area contributed by atoms with Crippen LogP contribution < -0.4 is 9.47 Å². The van der Waals surface area contributed by atoms with Gasteiger partial charge in [0.2, 0.25) is 0 Å². The molecule has 0 saturated heterocycles. The number of benzene rings is 3. The molecule has 7 heteroatoms. The highest BCUT2D eigenvalue weighted by molar-refractivity contribution is 7.99. The van der Waals surface area contributed by atoms with Crippen molar-refractivity contribution in [1.29, 1.82) is 0 Å². The fourth-order valence-corrected chi connectivity index (χ4v) is 4.08. The highest BCUT2D eigenvalue weighted by atomic mass is 32.2. The molecule has 1 aromatic heterocycles. The van der Waals surface area contributed by atoms with E-state index in [2.05, 4.69) is 10.2 Å². The van der Waals surface area contributed by atoms with Crippen molar-refractivity contribution < 1.29 is 14.3 Å². The molecule has 6 nitrogen and oxygen atoms in total. The van der Waals surface area contributed by atoms with E-state index in [0.717, 1.165) is 11.4 Å². The summed E-state index contributed by atoms with van der Waals surface area (Å²) in [7, 11) is 1.62. The highest BCUT2D eigenvalue weighted by Crippen LogP contribution is 2.29. The van der Waals surface area contributed by atoms with Crippen LogP contribution in [0.2, 0.25) is 0 Å². The van der Waals surface area contributed by atoms with Gasteiger partial charge in [-0.1, -0.05) is 66.4 Å². The minimum atomic E-state index is -0.381.